The molecule has 28 heavy (non-hydrogen) atoms. The number of halogens is 1. The predicted octanol–water partition coefficient (Wildman–Crippen LogP) is 5.24. The summed E-state index contributed by atoms with van der Waals surface area (Å²) in [5, 5.41) is 11.5. The van der Waals surface area contributed by atoms with Crippen molar-refractivity contribution in [1.82, 2.24) is 9.55 Å². The first-order valence-corrected chi connectivity index (χ1v) is 9.67. The number of benzene rings is 3. The maximum atomic E-state index is 10.9. The lowest BCUT2D eigenvalue weighted by molar-refractivity contribution is 0.203. The van der Waals surface area contributed by atoms with Crippen LogP contribution in [0.1, 0.15) is 23.9 Å². The van der Waals surface area contributed by atoms with E-state index in [2.05, 4.69) is 4.57 Å². The molecule has 0 aliphatic rings. The Kier molecular flexibility index (Phi) is 5.60. The third-order valence-electron chi connectivity index (χ3n) is 4.66. The van der Waals surface area contributed by atoms with Crippen LogP contribution < -0.4 is 4.74 Å². The highest BCUT2D eigenvalue weighted by atomic mass is 35.5. The van der Waals surface area contributed by atoms with Crippen LogP contribution in [0.25, 0.3) is 11.0 Å². The molecule has 0 saturated heterocycles. The summed E-state index contributed by atoms with van der Waals surface area (Å²) < 4.78 is 7.88. The van der Waals surface area contributed by atoms with Crippen LogP contribution >= 0.6 is 11.6 Å². The van der Waals surface area contributed by atoms with Crippen molar-refractivity contribution in [3.8, 4) is 5.75 Å². The second-order valence-corrected chi connectivity index (χ2v) is 6.96. The van der Waals surface area contributed by atoms with Gasteiger partial charge in [-0.1, -0.05) is 66.2 Å². The number of hydrogen-bond acceptors (Lipinski definition) is 3. The average Bonchev–Trinajstić information content (AvgIpc) is 3.11. The number of aliphatic hydroxyl groups excluding tert-OH is 1. The molecule has 0 spiro atoms. The molecule has 1 aromatic heterocycles. The summed E-state index contributed by atoms with van der Waals surface area (Å²) in [5.74, 6) is 1.33. The molecule has 0 radical (unpaired) electrons. The highest BCUT2D eigenvalue weighted by molar-refractivity contribution is 6.32. The molecule has 142 valence electrons. The topological polar surface area (TPSA) is 47.3 Å². The van der Waals surface area contributed by atoms with Gasteiger partial charge in [-0.15, -0.1) is 0 Å². The SMILES string of the molecule is OC(c1ccccc1)c1nc2ccccc2n1CCCOc1ccccc1Cl. The number of aliphatic hydroxyl groups is 1. The number of para-hydroxylation sites is 3. The molecule has 1 atom stereocenters. The minimum Gasteiger partial charge on any atom is -0.492 e. The van der Waals surface area contributed by atoms with Crippen molar-refractivity contribution in [3.63, 3.8) is 0 Å². The fraction of sp³-hybridized carbons (Fsp3) is 0.174. The van der Waals surface area contributed by atoms with Crippen LogP contribution in [0.4, 0.5) is 0 Å². The van der Waals surface area contributed by atoms with Crippen molar-refractivity contribution in [3.05, 3.63) is 95.3 Å². The molecule has 4 aromatic rings. The Hall–Kier alpha value is -2.82. The number of nitrogens with zero attached hydrogens (tertiary/aromatic N) is 2. The fourth-order valence-corrected chi connectivity index (χ4v) is 3.48. The van der Waals surface area contributed by atoms with Gasteiger partial charge in [-0.2, -0.15) is 0 Å². The number of imidazole rings is 1. The van der Waals surface area contributed by atoms with Gasteiger partial charge in [0.25, 0.3) is 0 Å². The maximum absolute atomic E-state index is 10.9. The van der Waals surface area contributed by atoms with Crippen LogP contribution in [-0.2, 0) is 6.54 Å². The van der Waals surface area contributed by atoms with Crippen molar-refractivity contribution in [2.24, 2.45) is 0 Å². The summed E-state index contributed by atoms with van der Waals surface area (Å²) in [4.78, 5) is 4.69. The number of hydrogen-bond donors (Lipinski definition) is 1. The Balaban J connectivity index is 1.54. The highest BCUT2D eigenvalue weighted by Crippen LogP contribution is 2.26. The van der Waals surface area contributed by atoms with E-state index in [0.29, 0.717) is 29.7 Å². The first kappa shape index (κ1) is 18.5. The molecular weight excluding hydrogens is 372 g/mol. The lowest BCUT2D eigenvalue weighted by Gasteiger charge is -2.15. The molecule has 0 saturated carbocycles. The van der Waals surface area contributed by atoms with E-state index in [1.165, 1.54) is 0 Å². The van der Waals surface area contributed by atoms with Gasteiger partial charge in [0, 0.05) is 6.54 Å². The molecule has 1 heterocycles. The van der Waals surface area contributed by atoms with Gasteiger partial charge in [0.2, 0.25) is 0 Å². The summed E-state index contributed by atoms with van der Waals surface area (Å²) in [7, 11) is 0. The number of aryl methyl sites for hydroxylation is 1. The Morgan fingerprint density at radius 1 is 0.929 bits per heavy atom. The van der Waals surface area contributed by atoms with Crippen LogP contribution in [0.3, 0.4) is 0 Å². The first-order chi connectivity index (χ1) is 13.7. The van der Waals surface area contributed by atoms with Gasteiger partial charge < -0.3 is 14.4 Å². The van der Waals surface area contributed by atoms with E-state index in [-0.39, 0.29) is 0 Å². The zero-order chi connectivity index (χ0) is 19.3. The monoisotopic (exact) mass is 392 g/mol. The zero-order valence-corrected chi connectivity index (χ0v) is 16.1. The molecule has 5 heteroatoms. The molecule has 0 bridgehead atoms. The smallest absolute Gasteiger partial charge is 0.143 e. The Morgan fingerprint density at radius 2 is 1.64 bits per heavy atom. The van der Waals surface area contributed by atoms with E-state index in [1.54, 1.807) is 0 Å². The minimum atomic E-state index is -0.780. The van der Waals surface area contributed by atoms with E-state index in [1.807, 2.05) is 78.9 Å². The van der Waals surface area contributed by atoms with Crippen LogP contribution in [0.5, 0.6) is 5.75 Å². The van der Waals surface area contributed by atoms with Gasteiger partial charge in [0.1, 0.15) is 17.7 Å². The zero-order valence-electron chi connectivity index (χ0n) is 15.3. The summed E-state index contributed by atoms with van der Waals surface area (Å²) in [6.45, 7) is 1.21. The summed E-state index contributed by atoms with van der Waals surface area (Å²) >= 11 is 6.14. The van der Waals surface area contributed by atoms with Gasteiger partial charge in [-0.05, 0) is 36.2 Å². The van der Waals surface area contributed by atoms with Gasteiger partial charge in [-0.25, -0.2) is 4.98 Å². The third kappa shape index (κ3) is 3.88. The van der Waals surface area contributed by atoms with Crippen molar-refractivity contribution >= 4 is 22.6 Å². The van der Waals surface area contributed by atoms with Gasteiger partial charge in [-0.3, -0.25) is 0 Å². The largest absolute Gasteiger partial charge is 0.492 e. The van der Waals surface area contributed by atoms with Crippen LogP contribution in [0, 0.1) is 0 Å². The minimum absolute atomic E-state index is 0.525. The molecule has 1 N–H and O–H groups in total. The number of aromatic nitrogens is 2. The van der Waals surface area contributed by atoms with Gasteiger partial charge in [0.05, 0.1) is 22.7 Å². The van der Waals surface area contributed by atoms with E-state index < -0.39 is 6.10 Å². The van der Waals surface area contributed by atoms with Gasteiger partial charge in [0.15, 0.2) is 0 Å². The Bertz CT molecular complexity index is 1060. The molecule has 0 fully saturated rings. The lowest BCUT2D eigenvalue weighted by Crippen LogP contribution is -2.12. The number of ether oxygens (including phenoxy) is 1. The Morgan fingerprint density at radius 3 is 2.46 bits per heavy atom. The van der Waals surface area contributed by atoms with Crippen molar-refractivity contribution < 1.29 is 9.84 Å². The van der Waals surface area contributed by atoms with E-state index in [9.17, 15) is 5.11 Å². The summed E-state index contributed by atoms with van der Waals surface area (Å²) in [6, 6.07) is 25.0. The van der Waals surface area contributed by atoms with E-state index in [0.717, 1.165) is 23.0 Å². The summed E-state index contributed by atoms with van der Waals surface area (Å²) in [5.41, 5.74) is 2.70. The van der Waals surface area contributed by atoms with Crippen molar-refractivity contribution in [2.45, 2.75) is 19.1 Å². The third-order valence-corrected chi connectivity index (χ3v) is 4.98. The normalized spacial score (nSPS) is 12.2. The molecule has 4 nitrogen and oxygen atoms in total. The fourth-order valence-electron chi connectivity index (χ4n) is 3.29. The van der Waals surface area contributed by atoms with Crippen molar-refractivity contribution in [1.29, 1.82) is 0 Å². The molecule has 3 aromatic carbocycles. The number of rotatable bonds is 7. The molecule has 1 unspecified atom stereocenters. The highest BCUT2D eigenvalue weighted by Gasteiger charge is 2.19. The predicted molar refractivity (Wildman–Crippen MR) is 112 cm³/mol. The molecule has 0 aliphatic heterocycles. The molecule has 0 aliphatic carbocycles. The van der Waals surface area contributed by atoms with Crippen LogP contribution in [0.15, 0.2) is 78.9 Å². The molecule has 4 rings (SSSR count). The maximum Gasteiger partial charge on any atom is 0.143 e. The molecule has 0 amide bonds. The second kappa shape index (κ2) is 8.46. The Labute approximate surface area is 169 Å². The van der Waals surface area contributed by atoms with Gasteiger partial charge >= 0.3 is 0 Å². The second-order valence-electron chi connectivity index (χ2n) is 6.56. The quantitative estimate of drug-likeness (QED) is 0.437. The summed E-state index contributed by atoms with van der Waals surface area (Å²) in [6.07, 6.45) is -0.0156. The average molecular weight is 393 g/mol. The number of fused-ring (bicyclic) bond motifs is 1. The molecular formula is C23H21ClN2O2. The van der Waals surface area contributed by atoms with E-state index >= 15 is 0 Å². The van der Waals surface area contributed by atoms with E-state index in [4.69, 9.17) is 21.3 Å². The van der Waals surface area contributed by atoms with Crippen molar-refractivity contribution in [2.75, 3.05) is 6.61 Å². The standard InChI is InChI=1S/C23H21ClN2O2/c24-18-11-4-7-14-21(18)28-16-8-15-26-20-13-6-5-12-19(20)25-23(26)22(27)17-9-2-1-3-10-17/h1-7,9-14,22,27H,8,15-16H2. The first-order valence-electron chi connectivity index (χ1n) is 9.29. The van der Waals surface area contributed by atoms with Crippen LogP contribution in [0.2, 0.25) is 5.02 Å². The van der Waals surface area contributed by atoms with Crippen LogP contribution in [-0.4, -0.2) is 21.3 Å². The lowest BCUT2D eigenvalue weighted by atomic mass is 10.1.